The van der Waals surface area contributed by atoms with Crippen LogP contribution in [-0.4, -0.2) is 29.3 Å². The fraction of sp³-hybridized carbons (Fsp3) is 0.167. The molecule has 0 aliphatic carbocycles. The maximum Gasteiger partial charge on any atom is 0.258 e. The Morgan fingerprint density at radius 1 is 1.50 bits per heavy atom. The van der Waals surface area contributed by atoms with Crippen LogP contribution in [0.2, 0.25) is 0 Å². The van der Waals surface area contributed by atoms with E-state index in [1.54, 1.807) is 18.2 Å². The summed E-state index contributed by atoms with van der Waals surface area (Å²) in [7, 11) is 0. The van der Waals surface area contributed by atoms with Crippen LogP contribution < -0.4 is 15.8 Å². The van der Waals surface area contributed by atoms with Crippen LogP contribution in [0.25, 0.3) is 0 Å². The minimum atomic E-state index is -0.222. The number of carbonyl (C=O) groups excluding carboxylic acids is 1. The van der Waals surface area contributed by atoms with E-state index < -0.39 is 0 Å². The Hall–Kier alpha value is -2.34. The molecule has 2 rings (SSSR count). The van der Waals surface area contributed by atoms with E-state index in [-0.39, 0.29) is 5.91 Å². The molecule has 0 bridgehead atoms. The Labute approximate surface area is 104 Å². The molecule has 0 radical (unpaired) electrons. The van der Waals surface area contributed by atoms with E-state index in [1.165, 1.54) is 12.4 Å². The number of aromatic nitrogens is 2. The third-order valence-corrected chi connectivity index (χ3v) is 2.24. The molecule has 1 aromatic heterocycles. The molecule has 0 saturated carbocycles. The zero-order chi connectivity index (χ0) is 12.8. The van der Waals surface area contributed by atoms with E-state index in [9.17, 15) is 4.79 Å². The molecule has 2 aromatic rings. The lowest BCUT2D eigenvalue weighted by atomic mass is 10.2. The molecule has 0 atom stereocenters. The van der Waals surface area contributed by atoms with Gasteiger partial charge in [0.1, 0.15) is 12.4 Å². The number of nitrogens with zero attached hydrogens (tertiary/aromatic N) is 1. The first-order valence-corrected chi connectivity index (χ1v) is 5.52. The van der Waals surface area contributed by atoms with Gasteiger partial charge in [-0.1, -0.05) is 6.07 Å². The van der Waals surface area contributed by atoms with Gasteiger partial charge < -0.3 is 15.8 Å². The molecular formula is C12H14N4O2. The summed E-state index contributed by atoms with van der Waals surface area (Å²) < 4.78 is 5.37. The molecule has 0 unspecified atom stereocenters. The number of nitrogens with two attached hydrogens (primary N) is 1. The van der Waals surface area contributed by atoms with Gasteiger partial charge in [0.05, 0.1) is 11.8 Å². The summed E-state index contributed by atoms with van der Waals surface area (Å²) in [6.45, 7) is 0.894. The van der Waals surface area contributed by atoms with E-state index in [4.69, 9.17) is 10.5 Å². The smallest absolute Gasteiger partial charge is 0.258 e. The van der Waals surface area contributed by atoms with Crippen molar-refractivity contribution >= 4 is 11.6 Å². The normalized spacial score (nSPS) is 10.1. The van der Waals surface area contributed by atoms with E-state index in [1.807, 2.05) is 6.07 Å². The number of hydrogen-bond acceptors (Lipinski definition) is 4. The number of H-pyrrole nitrogens is 1. The summed E-state index contributed by atoms with van der Waals surface area (Å²) in [4.78, 5) is 11.8. The molecule has 1 aromatic carbocycles. The van der Waals surface area contributed by atoms with Gasteiger partial charge in [-0.2, -0.15) is 5.10 Å². The first-order valence-electron chi connectivity index (χ1n) is 5.52. The fourth-order valence-corrected chi connectivity index (χ4v) is 1.42. The third-order valence-electron chi connectivity index (χ3n) is 2.24. The van der Waals surface area contributed by atoms with Gasteiger partial charge in [-0.25, -0.2) is 0 Å². The fourth-order valence-electron chi connectivity index (χ4n) is 1.42. The van der Waals surface area contributed by atoms with E-state index in [0.29, 0.717) is 30.2 Å². The van der Waals surface area contributed by atoms with Crippen LogP contribution in [0.15, 0.2) is 36.7 Å². The highest BCUT2D eigenvalue weighted by Gasteiger charge is 2.07. The van der Waals surface area contributed by atoms with Crippen molar-refractivity contribution in [1.29, 1.82) is 0 Å². The molecule has 18 heavy (non-hydrogen) atoms. The molecule has 94 valence electrons. The molecule has 0 aliphatic rings. The first kappa shape index (κ1) is 12.1. The average molecular weight is 246 g/mol. The predicted molar refractivity (Wildman–Crippen MR) is 67.5 cm³/mol. The van der Waals surface area contributed by atoms with Crippen molar-refractivity contribution in [1.82, 2.24) is 10.2 Å². The molecule has 6 heteroatoms. The van der Waals surface area contributed by atoms with E-state index in [2.05, 4.69) is 15.5 Å². The molecule has 1 heterocycles. The maximum atomic E-state index is 11.8. The second-order valence-corrected chi connectivity index (χ2v) is 3.61. The first-order chi connectivity index (χ1) is 8.79. The van der Waals surface area contributed by atoms with Crippen LogP contribution in [0, 0.1) is 0 Å². The average Bonchev–Trinajstić information content (AvgIpc) is 2.91. The molecule has 0 saturated heterocycles. The Bertz CT molecular complexity index is 511. The van der Waals surface area contributed by atoms with Crippen LogP contribution >= 0.6 is 0 Å². The van der Waals surface area contributed by atoms with Crippen LogP contribution in [0.3, 0.4) is 0 Å². The maximum absolute atomic E-state index is 11.8. The van der Waals surface area contributed by atoms with Crippen molar-refractivity contribution in [3.8, 4) is 5.75 Å². The minimum Gasteiger partial charge on any atom is -0.492 e. The lowest BCUT2D eigenvalue weighted by Crippen LogP contribution is -2.12. The largest absolute Gasteiger partial charge is 0.492 e. The zero-order valence-electron chi connectivity index (χ0n) is 9.72. The number of rotatable bonds is 5. The molecular weight excluding hydrogens is 232 g/mol. The molecule has 1 amide bonds. The number of ether oxygens (including phenoxy) is 1. The van der Waals surface area contributed by atoms with Gasteiger partial charge in [0.25, 0.3) is 5.91 Å². The van der Waals surface area contributed by atoms with Gasteiger partial charge in [-0.3, -0.25) is 9.89 Å². The van der Waals surface area contributed by atoms with Crippen molar-refractivity contribution in [2.45, 2.75) is 0 Å². The van der Waals surface area contributed by atoms with Crippen molar-refractivity contribution in [3.63, 3.8) is 0 Å². The molecule has 0 aliphatic heterocycles. The standard InChI is InChI=1S/C12H14N4O2/c13-4-5-18-11-3-1-2-10(6-11)16-12(17)9-7-14-15-8-9/h1-3,6-8H,4-5,13H2,(H,14,15)(H,16,17). The summed E-state index contributed by atoms with van der Waals surface area (Å²) >= 11 is 0. The lowest BCUT2D eigenvalue weighted by molar-refractivity contribution is 0.102. The monoisotopic (exact) mass is 246 g/mol. The van der Waals surface area contributed by atoms with Crippen LogP contribution in [-0.2, 0) is 0 Å². The van der Waals surface area contributed by atoms with Crippen molar-refractivity contribution in [3.05, 3.63) is 42.2 Å². The Morgan fingerprint density at radius 3 is 3.11 bits per heavy atom. The quantitative estimate of drug-likeness (QED) is 0.733. The summed E-state index contributed by atoms with van der Waals surface area (Å²) in [5.74, 6) is 0.449. The van der Waals surface area contributed by atoms with Gasteiger partial charge in [0, 0.05) is 24.5 Å². The Morgan fingerprint density at radius 2 is 2.39 bits per heavy atom. The van der Waals surface area contributed by atoms with Crippen molar-refractivity contribution < 1.29 is 9.53 Å². The summed E-state index contributed by atoms with van der Waals surface area (Å²) in [5, 5.41) is 9.06. The molecule has 6 nitrogen and oxygen atoms in total. The van der Waals surface area contributed by atoms with Crippen molar-refractivity contribution in [2.75, 3.05) is 18.5 Å². The number of anilines is 1. The van der Waals surface area contributed by atoms with Gasteiger partial charge in [0.15, 0.2) is 0 Å². The number of nitrogens with one attached hydrogen (secondary N) is 2. The Kier molecular flexibility index (Phi) is 3.93. The second-order valence-electron chi connectivity index (χ2n) is 3.61. The van der Waals surface area contributed by atoms with Gasteiger partial charge >= 0.3 is 0 Å². The van der Waals surface area contributed by atoms with Crippen LogP contribution in [0.4, 0.5) is 5.69 Å². The van der Waals surface area contributed by atoms with E-state index >= 15 is 0 Å². The predicted octanol–water partition coefficient (Wildman–Crippen LogP) is 0.999. The summed E-state index contributed by atoms with van der Waals surface area (Å²) in [6, 6.07) is 7.14. The van der Waals surface area contributed by atoms with Crippen molar-refractivity contribution in [2.24, 2.45) is 5.73 Å². The molecule has 0 spiro atoms. The number of aromatic amines is 1. The van der Waals surface area contributed by atoms with E-state index in [0.717, 1.165) is 0 Å². The van der Waals surface area contributed by atoms with Crippen LogP contribution in [0.1, 0.15) is 10.4 Å². The number of hydrogen-bond donors (Lipinski definition) is 3. The Balaban J connectivity index is 2.03. The minimum absolute atomic E-state index is 0.222. The number of benzene rings is 1. The zero-order valence-corrected chi connectivity index (χ0v) is 9.72. The second kappa shape index (κ2) is 5.83. The topological polar surface area (TPSA) is 93.0 Å². The highest BCUT2D eigenvalue weighted by Crippen LogP contribution is 2.17. The molecule has 4 N–H and O–H groups in total. The SMILES string of the molecule is NCCOc1cccc(NC(=O)c2cn[nH]c2)c1. The highest BCUT2D eigenvalue weighted by molar-refractivity contribution is 6.03. The summed E-state index contributed by atoms with van der Waals surface area (Å²) in [6.07, 6.45) is 2.99. The number of amides is 1. The summed E-state index contributed by atoms with van der Waals surface area (Å²) in [5.41, 5.74) is 6.49. The van der Waals surface area contributed by atoms with Crippen LogP contribution in [0.5, 0.6) is 5.75 Å². The molecule has 0 fully saturated rings. The van der Waals surface area contributed by atoms with Gasteiger partial charge in [-0.15, -0.1) is 0 Å². The highest BCUT2D eigenvalue weighted by atomic mass is 16.5. The van der Waals surface area contributed by atoms with Gasteiger partial charge in [0.2, 0.25) is 0 Å². The number of carbonyl (C=O) groups is 1. The van der Waals surface area contributed by atoms with Gasteiger partial charge in [-0.05, 0) is 12.1 Å². The lowest BCUT2D eigenvalue weighted by Gasteiger charge is -2.07. The third kappa shape index (κ3) is 3.08.